The zero-order chi connectivity index (χ0) is 20.8. The summed E-state index contributed by atoms with van der Waals surface area (Å²) in [5.41, 5.74) is 3.47. The Morgan fingerprint density at radius 1 is 0.967 bits per heavy atom. The molecule has 9 heteroatoms. The first-order chi connectivity index (χ1) is 14.5. The van der Waals surface area contributed by atoms with Crippen LogP contribution in [0.25, 0.3) is 28.1 Å². The monoisotopic (exact) mass is 437 g/mol. The summed E-state index contributed by atoms with van der Waals surface area (Å²) in [6.45, 7) is 0.601. The quantitative estimate of drug-likeness (QED) is 0.410. The number of aromatic nitrogens is 6. The van der Waals surface area contributed by atoms with Gasteiger partial charge in [0.15, 0.2) is 11.5 Å². The van der Waals surface area contributed by atoms with E-state index in [1.165, 1.54) is 0 Å². The molecule has 0 bridgehead atoms. The first-order valence-electron chi connectivity index (χ1n) is 9.30. The van der Waals surface area contributed by atoms with Gasteiger partial charge in [-0.1, -0.05) is 35.3 Å². The lowest BCUT2D eigenvalue weighted by atomic mass is 10.2. The van der Waals surface area contributed by atoms with Crippen LogP contribution < -0.4 is 4.90 Å². The molecule has 0 radical (unpaired) electrons. The zero-order valence-corrected chi connectivity index (χ0v) is 17.8. The van der Waals surface area contributed by atoms with E-state index in [-0.39, 0.29) is 0 Å². The molecule has 0 N–H and O–H groups in total. The molecule has 7 nitrogen and oxygen atoms in total. The van der Waals surface area contributed by atoms with Crippen molar-refractivity contribution < 1.29 is 0 Å². The Kier molecular flexibility index (Phi) is 4.56. The third kappa shape index (κ3) is 3.26. The minimum Gasteiger partial charge on any atom is -0.351 e. The minimum atomic E-state index is 0.532. The first kappa shape index (κ1) is 18.8. The number of aryl methyl sites for hydroxylation is 1. The van der Waals surface area contributed by atoms with Crippen molar-refractivity contribution in [3.05, 3.63) is 70.5 Å². The second-order valence-electron chi connectivity index (χ2n) is 7.08. The van der Waals surface area contributed by atoms with Crippen LogP contribution in [-0.2, 0) is 13.6 Å². The number of halogens is 2. The van der Waals surface area contributed by atoms with Crippen LogP contribution in [0.4, 0.5) is 5.82 Å². The Morgan fingerprint density at radius 2 is 1.73 bits per heavy atom. The molecule has 0 saturated carbocycles. The van der Waals surface area contributed by atoms with Gasteiger partial charge in [0, 0.05) is 29.7 Å². The number of rotatable bonds is 4. The van der Waals surface area contributed by atoms with Crippen molar-refractivity contribution in [3.8, 4) is 11.4 Å². The van der Waals surface area contributed by atoms with E-state index in [4.69, 9.17) is 33.3 Å². The standard InChI is InChI=1S/C21H17Cl2N7/c1-28(12-20-24-16-5-3-4-6-17(16)29(20)2)19-8-7-18-25-26-21(30(18)27-19)13-9-14(22)11-15(23)10-13/h3-11H,12H2,1-2H3. The molecular weight excluding hydrogens is 421 g/mol. The number of nitrogens with zero attached hydrogens (tertiary/aromatic N) is 7. The summed E-state index contributed by atoms with van der Waals surface area (Å²) in [5.74, 6) is 2.29. The van der Waals surface area contributed by atoms with Crippen molar-refractivity contribution >= 4 is 45.7 Å². The average Bonchev–Trinajstić information content (AvgIpc) is 3.28. The minimum absolute atomic E-state index is 0.532. The van der Waals surface area contributed by atoms with E-state index in [0.717, 1.165) is 28.2 Å². The van der Waals surface area contributed by atoms with Gasteiger partial charge in [-0.3, -0.25) is 0 Å². The Balaban J connectivity index is 1.51. The number of anilines is 1. The summed E-state index contributed by atoms with van der Waals surface area (Å²) in [4.78, 5) is 6.78. The maximum Gasteiger partial charge on any atom is 0.185 e. The highest BCUT2D eigenvalue weighted by Gasteiger charge is 2.15. The number of imidazole rings is 1. The molecule has 0 atom stereocenters. The maximum atomic E-state index is 6.16. The van der Waals surface area contributed by atoms with E-state index in [9.17, 15) is 0 Å². The topological polar surface area (TPSA) is 64.1 Å². The number of benzene rings is 2. The second kappa shape index (κ2) is 7.27. The summed E-state index contributed by atoms with van der Waals surface area (Å²) in [5, 5.41) is 14.3. The van der Waals surface area contributed by atoms with E-state index < -0.39 is 0 Å². The number of fused-ring (bicyclic) bond motifs is 2. The lowest BCUT2D eigenvalue weighted by molar-refractivity contribution is 0.757. The van der Waals surface area contributed by atoms with Gasteiger partial charge in [-0.25, -0.2) is 4.98 Å². The van der Waals surface area contributed by atoms with Crippen LogP contribution in [0.3, 0.4) is 0 Å². The van der Waals surface area contributed by atoms with E-state index in [1.807, 2.05) is 49.3 Å². The predicted octanol–water partition coefficient (Wildman–Crippen LogP) is 4.62. The largest absolute Gasteiger partial charge is 0.351 e. The van der Waals surface area contributed by atoms with Crippen LogP contribution in [0.5, 0.6) is 0 Å². The van der Waals surface area contributed by atoms with Crippen molar-refractivity contribution in [2.45, 2.75) is 6.54 Å². The molecular formula is C21H17Cl2N7. The van der Waals surface area contributed by atoms with Crippen LogP contribution in [0.15, 0.2) is 54.6 Å². The molecule has 0 fully saturated rings. The molecule has 5 rings (SSSR count). The smallest absolute Gasteiger partial charge is 0.185 e. The second-order valence-corrected chi connectivity index (χ2v) is 7.95. The van der Waals surface area contributed by atoms with Crippen LogP contribution in [0, 0.1) is 0 Å². The van der Waals surface area contributed by atoms with Crippen LogP contribution >= 0.6 is 23.2 Å². The van der Waals surface area contributed by atoms with Gasteiger partial charge in [-0.15, -0.1) is 15.3 Å². The molecule has 0 aliphatic carbocycles. The Hall–Kier alpha value is -3.16. The molecule has 2 aromatic carbocycles. The Bertz CT molecular complexity index is 1370. The van der Waals surface area contributed by atoms with E-state index in [0.29, 0.717) is 28.1 Å². The molecule has 150 valence electrons. The summed E-state index contributed by atoms with van der Waals surface area (Å²) in [6, 6.07) is 17.2. The van der Waals surface area contributed by atoms with Gasteiger partial charge >= 0.3 is 0 Å². The molecule has 0 unspecified atom stereocenters. The number of para-hydroxylation sites is 2. The van der Waals surface area contributed by atoms with Gasteiger partial charge < -0.3 is 9.47 Å². The molecule has 0 spiro atoms. The maximum absolute atomic E-state index is 6.16. The zero-order valence-electron chi connectivity index (χ0n) is 16.3. The fraction of sp³-hybridized carbons (Fsp3) is 0.143. The molecule has 3 aromatic heterocycles. The summed E-state index contributed by atoms with van der Waals surface area (Å²) < 4.78 is 3.80. The summed E-state index contributed by atoms with van der Waals surface area (Å²) in [6.07, 6.45) is 0. The Labute approximate surface area is 182 Å². The highest BCUT2D eigenvalue weighted by atomic mass is 35.5. The lowest BCUT2D eigenvalue weighted by Crippen LogP contribution is -2.21. The summed E-state index contributed by atoms with van der Waals surface area (Å²) in [7, 11) is 4.00. The highest BCUT2D eigenvalue weighted by Crippen LogP contribution is 2.27. The average molecular weight is 438 g/mol. The van der Waals surface area contributed by atoms with Crippen LogP contribution in [0.1, 0.15) is 5.82 Å². The molecule has 0 saturated heterocycles. The van der Waals surface area contributed by atoms with E-state index >= 15 is 0 Å². The third-order valence-electron chi connectivity index (χ3n) is 5.02. The molecule has 0 aliphatic heterocycles. The van der Waals surface area contributed by atoms with Gasteiger partial charge in [-0.2, -0.15) is 4.52 Å². The molecule has 30 heavy (non-hydrogen) atoms. The van der Waals surface area contributed by atoms with Crippen molar-refractivity contribution in [1.82, 2.24) is 29.4 Å². The van der Waals surface area contributed by atoms with Gasteiger partial charge in [0.2, 0.25) is 0 Å². The fourth-order valence-corrected chi connectivity index (χ4v) is 4.00. The van der Waals surface area contributed by atoms with Gasteiger partial charge in [0.05, 0.1) is 17.6 Å². The highest BCUT2D eigenvalue weighted by molar-refractivity contribution is 6.35. The van der Waals surface area contributed by atoms with E-state index in [1.54, 1.807) is 22.7 Å². The molecule has 3 heterocycles. The van der Waals surface area contributed by atoms with Gasteiger partial charge in [-0.05, 0) is 42.5 Å². The van der Waals surface area contributed by atoms with E-state index in [2.05, 4.69) is 20.8 Å². The third-order valence-corrected chi connectivity index (χ3v) is 5.46. The SMILES string of the molecule is CN(Cc1nc2ccccc2n1C)c1ccc2nnc(-c3cc(Cl)cc(Cl)c3)n2n1. The molecule has 5 aromatic rings. The normalized spacial score (nSPS) is 11.5. The van der Waals surface area contributed by atoms with Crippen molar-refractivity contribution in [1.29, 1.82) is 0 Å². The number of hydrogen-bond acceptors (Lipinski definition) is 5. The summed E-state index contributed by atoms with van der Waals surface area (Å²) >= 11 is 12.3. The Morgan fingerprint density at radius 3 is 2.50 bits per heavy atom. The van der Waals surface area contributed by atoms with Crippen LogP contribution in [-0.4, -0.2) is 36.4 Å². The van der Waals surface area contributed by atoms with Crippen LogP contribution in [0.2, 0.25) is 10.0 Å². The lowest BCUT2D eigenvalue weighted by Gasteiger charge is -2.17. The van der Waals surface area contributed by atoms with Crippen molar-refractivity contribution in [2.75, 3.05) is 11.9 Å². The first-order valence-corrected chi connectivity index (χ1v) is 10.1. The number of hydrogen-bond donors (Lipinski definition) is 0. The molecule has 0 aliphatic rings. The van der Waals surface area contributed by atoms with Crippen molar-refractivity contribution in [3.63, 3.8) is 0 Å². The molecule has 0 amide bonds. The fourth-order valence-electron chi connectivity index (χ4n) is 3.48. The van der Waals surface area contributed by atoms with Crippen molar-refractivity contribution in [2.24, 2.45) is 7.05 Å². The van der Waals surface area contributed by atoms with Gasteiger partial charge in [0.25, 0.3) is 0 Å². The predicted molar refractivity (Wildman–Crippen MR) is 119 cm³/mol. The van der Waals surface area contributed by atoms with Gasteiger partial charge in [0.1, 0.15) is 11.6 Å².